The maximum atomic E-state index is 11.7. The van der Waals surface area contributed by atoms with Crippen molar-refractivity contribution in [2.24, 2.45) is 0 Å². The molecule has 0 saturated heterocycles. The fourth-order valence-corrected chi connectivity index (χ4v) is 4.71. The van der Waals surface area contributed by atoms with E-state index < -0.39 is 14.8 Å². The van der Waals surface area contributed by atoms with E-state index in [1.807, 2.05) is 49.4 Å². The summed E-state index contributed by atoms with van der Waals surface area (Å²) in [6.45, 7) is 1.89. The summed E-state index contributed by atoms with van der Waals surface area (Å²) in [5, 5.41) is 16.7. The van der Waals surface area contributed by atoms with Gasteiger partial charge in [0, 0.05) is 12.3 Å². The van der Waals surface area contributed by atoms with E-state index in [9.17, 15) is 18.5 Å². The van der Waals surface area contributed by atoms with Gasteiger partial charge in [0.15, 0.2) is 14.8 Å². The number of rotatable bonds is 5. The zero-order valence-corrected chi connectivity index (χ0v) is 15.2. The number of nitrogens with one attached hydrogen (secondary N) is 1. The number of hydrogen-bond donors (Lipinski definition) is 1. The topological polar surface area (TPSA) is 89.3 Å². The lowest BCUT2D eigenvalue weighted by molar-refractivity contribution is -0.383. The third-order valence-corrected chi connectivity index (χ3v) is 6.75. The van der Waals surface area contributed by atoms with Crippen LogP contribution >= 0.6 is 11.3 Å². The van der Waals surface area contributed by atoms with Crippen molar-refractivity contribution >= 4 is 42.6 Å². The fourth-order valence-electron chi connectivity index (χ4n) is 2.68. The van der Waals surface area contributed by atoms with E-state index in [1.165, 1.54) is 0 Å². The van der Waals surface area contributed by atoms with Crippen LogP contribution in [0.2, 0.25) is 0 Å². The summed E-state index contributed by atoms with van der Waals surface area (Å²) in [4.78, 5) is 10.7. The monoisotopic (exact) mass is 376 g/mol. The van der Waals surface area contributed by atoms with Crippen LogP contribution in [0.3, 0.4) is 0 Å². The lowest BCUT2D eigenvalue weighted by atomic mass is 10.00. The number of sulfone groups is 1. The van der Waals surface area contributed by atoms with Gasteiger partial charge < -0.3 is 5.32 Å². The van der Waals surface area contributed by atoms with E-state index >= 15 is 0 Å². The first-order valence-corrected chi connectivity index (χ1v) is 10.2. The van der Waals surface area contributed by atoms with Gasteiger partial charge in [0.1, 0.15) is 4.21 Å². The molecule has 1 aromatic heterocycles. The van der Waals surface area contributed by atoms with Gasteiger partial charge in [0.2, 0.25) is 0 Å². The Balaban J connectivity index is 2.02. The largest absolute Gasteiger partial charge is 0.365 e. The molecule has 130 valence electrons. The van der Waals surface area contributed by atoms with Crippen LogP contribution in [-0.4, -0.2) is 19.6 Å². The number of fused-ring (bicyclic) bond motifs is 1. The Morgan fingerprint density at radius 2 is 1.84 bits per heavy atom. The molecule has 0 amide bonds. The Bertz CT molecular complexity index is 1050. The molecule has 0 aliphatic heterocycles. The van der Waals surface area contributed by atoms with Crippen molar-refractivity contribution < 1.29 is 13.3 Å². The molecule has 0 spiro atoms. The van der Waals surface area contributed by atoms with Crippen molar-refractivity contribution in [2.75, 3.05) is 11.6 Å². The Labute approximate surface area is 149 Å². The van der Waals surface area contributed by atoms with Gasteiger partial charge >= 0.3 is 5.69 Å². The second-order valence-electron chi connectivity index (χ2n) is 5.74. The number of anilines is 1. The highest BCUT2D eigenvalue weighted by atomic mass is 32.2. The minimum Gasteiger partial charge on any atom is -0.365 e. The predicted octanol–water partition coefficient (Wildman–Crippen LogP) is 4.39. The molecule has 25 heavy (non-hydrogen) atoms. The van der Waals surface area contributed by atoms with Gasteiger partial charge in [0.05, 0.1) is 11.0 Å². The molecule has 6 nitrogen and oxygen atoms in total. The second kappa shape index (κ2) is 6.45. The number of hydrogen-bond acceptors (Lipinski definition) is 6. The highest BCUT2D eigenvalue weighted by molar-refractivity contribution is 7.92. The molecule has 1 heterocycles. The number of nitro groups is 1. The Morgan fingerprint density at radius 1 is 1.16 bits per heavy atom. The molecule has 1 atom stereocenters. The molecule has 2 aromatic carbocycles. The van der Waals surface area contributed by atoms with Gasteiger partial charge in [-0.2, -0.15) is 0 Å². The van der Waals surface area contributed by atoms with Crippen LogP contribution in [0, 0.1) is 10.1 Å². The van der Waals surface area contributed by atoms with Crippen molar-refractivity contribution in [2.45, 2.75) is 17.2 Å². The number of benzene rings is 2. The van der Waals surface area contributed by atoms with Gasteiger partial charge in [-0.3, -0.25) is 10.1 Å². The zero-order chi connectivity index (χ0) is 18.2. The summed E-state index contributed by atoms with van der Waals surface area (Å²) < 4.78 is 23.4. The minimum atomic E-state index is -3.50. The van der Waals surface area contributed by atoms with E-state index in [4.69, 9.17) is 0 Å². The Kier molecular flexibility index (Phi) is 4.49. The van der Waals surface area contributed by atoms with Crippen LogP contribution in [0.15, 0.2) is 52.7 Å². The van der Waals surface area contributed by atoms with E-state index in [1.54, 1.807) is 0 Å². The van der Waals surface area contributed by atoms with Gasteiger partial charge in [-0.25, -0.2) is 8.42 Å². The third kappa shape index (κ3) is 3.49. The van der Waals surface area contributed by atoms with Crippen molar-refractivity contribution in [1.29, 1.82) is 0 Å². The molecule has 3 aromatic rings. The summed E-state index contributed by atoms with van der Waals surface area (Å²) in [5.41, 5.74) is 0.763. The van der Waals surface area contributed by atoms with Crippen LogP contribution in [0.1, 0.15) is 18.5 Å². The zero-order valence-electron chi connectivity index (χ0n) is 13.6. The lowest BCUT2D eigenvalue weighted by Crippen LogP contribution is -2.07. The van der Waals surface area contributed by atoms with Crippen LogP contribution in [0.4, 0.5) is 10.7 Å². The van der Waals surface area contributed by atoms with Gasteiger partial charge in [-0.1, -0.05) is 53.8 Å². The van der Waals surface area contributed by atoms with Crippen molar-refractivity contribution in [3.05, 3.63) is 64.2 Å². The molecular weight excluding hydrogens is 360 g/mol. The molecule has 0 bridgehead atoms. The first kappa shape index (κ1) is 17.4. The number of thiophene rings is 1. The summed E-state index contributed by atoms with van der Waals surface area (Å²) in [6, 6.07) is 14.7. The lowest BCUT2D eigenvalue weighted by Gasteiger charge is -2.16. The molecule has 1 unspecified atom stereocenters. The van der Waals surface area contributed by atoms with Gasteiger partial charge in [0.25, 0.3) is 0 Å². The van der Waals surface area contributed by atoms with Crippen LogP contribution in [0.25, 0.3) is 10.8 Å². The molecule has 0 saturated carbocycles. The highest BCUT2D eigenvalue weighted by Gasteiger charge is 2.25. The molecule has 3 rings (SSSR count). The normalized spacial score (nSPS) is 12.9. The molecule has 1 N–H and O–H groups in total. The first-order valence-electron chi connectivity index (χ1n) is 7.50. The van der Waals surface area contributed by atoms with Crippen LogP contribution in [0.5, 0.6) is 0 Å². The van der Waals surface area contributed by atoms with Gasteiger partial charge in [-0.15, -0.1) is 0 Å². The average Bonchev–Trinajstić information content (AvgIpc) is 2.98. The standard InChI is InChI=1S/C17H16N2O4S2/c1-11(13-9-5-7-12-6-3-4-8-14(12)13)18-17-15(19(20)21)10-16(24-17)25(2,22)23/h3-11,18H,1-2H3. The SMILES string of the molecule is CC(Nc1sc(S(C)(=O)=O)cc1[N+](=O)[O-])c1cccc2ccccc12. The Morgan fingerprint density at radius 3 is 2.52 bits per heavy atom. The smallest absolute Gasteiger partial charge is 0.304 e. The summed E-state index contributed by atoms with van der Waals surface area (Å²) in [7, 11) is -3.50. The van der Waals surface area contributed by atoms with Crippen molar-refractivity contribution in [3.63, 3.8) is 0 Å². The van der Waals surface area contributed by atoms with Gasteiger partial charge in [-0.05, 0) is 23.3 Å². The van der Waals surface area contributed by atoms with Crippen LogP contribution in [-0.2, 0) is 9.84 Å². The average molecular weight is 376 g/mol. The quantitative estimate of drug-likeness (QED) is 0.527. The molecule has 0 aliphatic rings. The van der Waals surface area contributed by atoms with Crippen molar-refractivity contribution in [1.82, 2.24) is 0 Å². The first-order chi connectivity index (χ1) is 11.8. The second-order valence-corrected chi connectivity index (χ2v) is 9.04. The van der Waals surface area contributed by atoms with Crippen LogP contribution < -0.4 is 5.32 Å². The molecular formula is C17H16N2O4S2. The summed E-state index contributed by atoms with van der Waals surface area (Å²) in [6.07, 6.45) is 1.04. The highest BCUT2D eigenvalue weighted by Crippen LogP contribution is 2.39. The fraction of sp³-hybridized carbons (Fsp3) is 0.176. The van der Waals surface area contributed by atoms with E-state index in [-0.39, 0.29) is 20.9 Å². The predicted molar refractivity (Wildman–Crippen MR) is 100 cm³/mol. The third-order valence-electron chi connectivity index (χ3n) is 3.89. The van der Waals surface area contributed by atoms with Crippen molar-refractivity contribution in [3.8, 4) is 0 Å². The maximum absolute atomic E-state index is 11.7. The van der Waals surface area contributed by atoms with E-state index in [0.717, 1.165) is 40.0 Å². The molecule has 0 aliphatic carbocycles. The molecule has 8 heteroatoms. The summed E-state index contributed by atoms with van der Waals surface area (Å²) >= 11 is 0.882. The summed E-state index contributed by atoms with van der Waals surface area (Å²) in [5.74, 6) is 0. The minimum absolute atomic E-state index is 0.0215. The van der Waals surface area contributed by atoms with E-state index in [0.29, 0.717) is 0 Å². The maximum Gasteiger partial charge on any atom is 0.304 e. The van der Waals surface area contributed by atoms with E-state index in [2.05, 4.69) is 5.32 Å². The Hall–Kier alpha value is -2.45. The molecule has 0 fully saturated rings. The number of nitrogens with zero attached hydrogens (tertiary/aromatic N) is 1. The molecule has 0 radical (unpaired) electrons.